The fraction of sp³-hybridized carbons (Fsp3) is 0.455. The van der Waals surface area contributed by atoms with Crippen LogP contribution in [0.1, 0.15) is 18.9 Å². The summed E-state index contributed by atoms with van der Waals surface area (Å²) >= 11 is 9.24. The van der Waals surface area contributed by atoms with Crippen molar-refractivity contribution in [3.05, 3.63) is 34.3 Å². The van der Waals surface area contributed by atoms with Crippen molar-refractivity contribution in [1.29, 1.82) is 0 Å². The molecule has 1 atom stereocenters. The molecule has 0 aliphatic carbocycles. The van der Waals surface area contributed by atoms with Crippen LogP contribution in [0.15, 0.2) is 28.7 Å². The van der Waals surface area contributed by atoms with Gasteiger partial charge in [0.05, 0.1) is 0 Å². The Kier molecular flexibility index (Phi) is 5.53. The number of rotatable bonds is 5. The second kappa shape index (κ2) is 6.44. The molecule has 0 heterocycles. The largest absolute Gasteiger partial charge is 0.309 e. The van der Waals surface area contributed by atoms with Crippen LogP contribution in [0.3, 0.4) is 0 Å². The van der Waals surface area contributed by atoms with Crippen molar-refractivity contribution in [2.45, 2.75) is 25.9 Å². The van der Waals surface area contributed by atoms with Gasteiger partial charge in [-0.05, 0) is 24.1 Å². The van der Waals surface area contributed by atoms with Crippen molar-refractivity contribution >= 4 is 27.5 Å². The van der Waals surface area contributed by atoms with E-state index in [-0.39, 0.29) is 0 Å². The van der Waals surface area contributed by atoms with Gasteiger partial charge in [-0.1, -0.05) is 35.0 Å². The van der Waals surface area contributed by atoms with Gasteiger partial charge in [-0.2, -0.15) is 0 Å². The number of hydrogen-bond acceptors (Lipinski definition) is 1. The predicted octanol–water partition coefficient (Wildman–Crippen LogP) is 3.56. The van der Waals surface area contributed by atoms with Crippen LogP contribution in [0.2, 0.25) is 0 Å². The molecule has 0 aromatic heterocycles. The van der Waals surface area contributed by atoms with Crippen molar-refractivity contribution in [3.63, 3.8) is 0 Å². The Balaban J connectivity index is 2.44. The molecule has 1 nitrogen and oxygen atoms in total. The lowest BCUT2D eigenvalue weighted by atomic mass is 10.2. The number of nitrogens with one attached hydrogen (secondary N) is 1. The fourth-order valence-corrected chi connectivity index (χ4v) is 1.99. The topological polar surface area (TPSA) is 12.0 Å². The van der Waals surface area contributed by atoms with Gasteiger partial charge in [-0.3, -0.25) is 0 Å². The third-order valence-electron chi connectivity index (χ3n) is 2.16. The Labute approximate surface area is 99.0 Å². The van der Waals surface area contributed by atoms with Gasteiger partial charge in [0.2, 0.25) is 0 Å². The van der Waals surface area contributed by atoms with Crippen LogP contribution in [0, 0.1) is 0 Å². The first-order chi connectivity index (χ1) is 6.76. The highest BCUT2D eigenvalue weighted by molar-refractivity contribution is 9.10. The molecular weight excluding hydrogens is 261 g/mol. The minimum Gasteiger partial charge on any atom is -0.309 e. The van der Waals surface area contributed by atoms with Gasteiger partial charge in [0.15, 0.2) is 0 Å². The summed E-state index contributed by atoms with van der Waals surface area (Å²) in [4.78, 5) is 0. The summed E-state index contributed by atoms with van der Waals surface area (Å²) in [6.45, 7) is 3.02. The SMILES string of the molecule is CCC(CCl)NCc1cccc(Br)c1. The zero-order valence-electron chi connectivity index (χ0n) is 8.26. The maximum Gasteiger partial charge on any atom is 0.0377 e. The van der Waals surface area contributed by atoms with E-state index in [2.05, 4.69) is 40.3 Å². The molecule has 0 spiro atoms. The Hall–Kier alpha value is -0.0500. The lowest BCUT2D eigenvalue weighted by Gasteiger charge is -2.13. The van der Waals surface area contributed by atoms with E-state index in [9.17, 15) is 0 Å². The molecule has 1 unspecified atom stereocenters. The van der Waals surface area contributed by atoms with Gasteiger partial charge in [0.25, 0.3) is 0 Å². The standard InChI is InChI=1S/C11H15BrClN/c1-2-11(7-13)14-8-9-4-3-5-10(12)6-9/h3-6,11,14H,2,7-8H2,1H3. The average molecular weight is 277 g/mol. The quantitative estimate of drug-likeness (QED) is 0.811. The van der Waals surface area contributed by atoms with Gasteiger partial charge < -0.3 is 5.32 Å². The lowest BCUT2D eigenvalue weighted by Crippen LogP contribution is -2.29. The van der Waals surface area contributed by atoms with Crippen molar-refractivity contribution in [3.8, 4) is 0 Å². The van der Waals surface area contributed by atoms with Crippen LogP contribution in [-0.2, 0) is 6.54 Å². The first-order valence-electron chi connectivity index (χ1n) is 4.80. The fourth-order valence-electron chi connectivity index (χ4n) is 1.22. The van der Waals surface area contributed by atoms with Crippen LogP contribution in [0.5, 0.6) is 0 Å². The molecule has 0 saturated carbocycles. The van der Waals surface area contributed by atoms with Crippen molar-refractivity contribution in [1.82, 2.24) is 5.32 Å². The van der Waals surface area contributed by atoms with E-state index in [1.807, 2.05) is 12.1 Å². The average Bonchev–Trinajstić information content (AvgIpc) is 2.19. The Morgan fingerprint density at radius 2 is 2.29 bits per heavy atom. The smallest absolute Gasteiger partial charge is 0.0377 e. The van der Waals surface area contributed by atoms with Gasteiger partial charge in [0, 0.05) is 22.9 Å². The zero-order chi connectivity index (χ0) is 10.4. The molecule has 0 aliphatic rings. The second-order valence-corrected chi connectivity index (χ2v) is 4.49. The highest BCUT2D eigenvalue weighted by Crippen LogP contribution is 2.11. The van der Waals surface area contributed by atoms with Gasteiger partial charge >= 0.3 is 0 Å². The summed E-state index contributed by atoms with van der Waals surface area (Å²) in [5.41, 5.74) is 1.28. The third kappa shape index (κ3) is 3.99. The van der Waals surface area contributed by atoms with E-state index < -0.39 is 0 Å². The van der Waals surface area contributed by atoms with Crippen LogP contribution in [-0.4, -0.2) is 11.9 Å². The van der Waals surface area contributed by atoms with Gasteiger partial charge in [-0.25, -0.2) is 0 Å². The van der Waals surface area contributed by atoms with Crippen molar-refractivity contribution < 1.29 is 0 Å². The van der Waals surface area contributed by atoms with E-state index in [1.165, 1.54) is 5.56 Å². The Morgan fingerprint density at radius 3 is 2.86 bits per heavy atom. The number of benzene rings is 1. The lowest BCUT2D eigenvalue weighted by molar-refractivity contribution is 0.539. The van der Waals surface area contributed by atoms with Gasteiger partial charge in [0.1, 0.15) is 0 Å². The normalized spacial score (nSPS) is 12.8. The van der Waals surface area contributed by atoms with Crippen LogP contribution in [0.4, 0.5) is 0 Å². The van der Waals surface area contributed by atoms with Crippen molar-refractivity contribution in [2.24, 2.45) is 0 Å². The second-order valence-electron chi connectivity index (χ2n) is 3.27. The number of halogens is 2. The molecule has 1 aromatic rings. The van der Waals surface area contributed by atoms with E-state index in [4.69, 9.17) is 11.6 Å². The number of alkyl halides is 1. The molecule has 0 saturated heterocycles. The summed E-state index contributed by atoms with van der Waals surface area (Å²) in [7, 11) is 0. The van der Waals surface area contributed by atoms with E-state index in [0.717, 1.165) is 17.4 Å². The molecule has 14 heavy (non-hydrogen) atoms. The van der Waals surface area contributed by atoms with Crippen LogP contribution < -0.4 is 5.32 Å². The summed E-state index contributed by atoms with van der Waals surface area (Å²) in [6.07, 6.45) is 1.07. The molecule has 1 N–H and O–H groups in total. The summed E-state index contributed by atoms with van der Waals surface area (Å²) in [5.74, 6) is 0.671. The van der Waals surface area contributed by atoms with Crippen molar-refractivity contribution in [2.75, 3.05) is 5.88 Å². The zero-order valence-corrected chi connectivity index (χ0v) is 10.6. The molecule has 1 rings (SSSR count). The first-order valence-corrected chi connectivity index (χ1v) is 6.12. The van der Waals surface area contributed by atoms with Crippen LogP contribution in [0.25, 0.3) is 0 Å². The summed E-state index contributed by atoms with van der Waals surface area (Å²) in [6, 6.07) is 8.72. The predicted molar refractivity (Wildman–Crippen MR) is 65.8 cm³/mol. The van der Waals surface area contributed by atoms with E-state index >= 15 is 0 Å². The Morgan fingerprint density at radius 1 is 1.50 bits per heavy atom. The minimum atomic E-state index is 0.413. The maximum absolute atomic E-state index is 5.79. The minimum absolute atomic E-state index is 0.413. The molecular formula is C11H15BrClN. The number of hydrogen-bond donors (Lipinski definition) is 1. The molecule has 0 radical (unpaired) electrons. The Bertz CT molecular complexity index is 274. The molecule has 0 fully saturated rings. The molecule has 0 amide bonds. The highest BCUT2D eigenvalue weighted by Gasteiger charge is 2.02. The molecule has 3 heteroatoms. The summed E-state index contributed by atoms with van der Waals surface area (Å²) in [5, 5.41) is 3.41. The highest BCUT2D eigenvalue weighted by atomic mass is 79.9. The molecule has 0 aliphatic heterocycles. The monoisotopic (exact) mass is 275 g/mol. The molecule has 0 bridgehead atoms. The first kappa shape index (κ1) is 12.0. The molecule has 78 valence electrons. The van der Waals surface area contributed by atoms with Gasteiger partial charge in [-0.15, -0.1) is 11.6 Å². The van der Waals surface area contributed by atoms with Crippen LogP contribution >= 0.6 is 27.5 Å². The van der Waals surface area contributed by atoms with E-state index in [1.54, 1.807) is 0 Å². The van der Waals surface area contributed by atoms with E-state index in [0.29, 0.717) is 11.9 Å². The maximum atomic E-state index is 5.79. The third-order valence-corrected chi connectivity index (χ3v) is 3.03. The molecule has 1 aromatic carbocycles. The summed E-state index contributed by atoms with van der Waals surface area (Å²) < 4.78 is 1.12.